The lowest BCUT2D eigenvalue weighted by Gasteiger charge is -2.15. The number of aromatic nitrogens is 2. The second-order valence-electron chi connectivity index (χ2n) is 4.88. The zero-order valence-corrected chi connectivity index (χ0v) is 12.0. The lowest BCUT2D eigenvalue weighted by Crippen LogP contribution is -2.30. The Balaban J connectivity index is 1.90. The highest BCUT2D eigenvalue weighted by atomic mass is 32.2. The van der Waals surface area contributed by atoms with E-state index in [2.05, 4.69) is 39.3 Å². The van der Waals surface area contributed by atoms with Gasteiger partial charge in [0.25, 0.3) is 0 Å². The predicted octanol–water partition coefficient (Wildman–Crippen LogP) is 1.66. The molecule has 2 heterocycles. The van der Waals surface area contributed by atoms with Gasteiger partial charge in [-0.2, -0.15) is 5.10 Å². The molecule has 6 nitrogen and oxygen atoms in total. The Hall–Kier alpha value is -2.02. The summed E-state index contributed by atoms with van der Waals surface area (Å²) in [5.74, 6) is 0.763. The topological polar surface area (TPSA) is 85.4 Å². The van der Waals surface area contributed by atoms with E-state index >= 15 is 0 Å². The van der Waals surface area contributed by atoms with Gasteiger partial charge in [-0.05, 0) is 26.0 Å². The normalized spacial score (nSPS) is 15.3. The molecule has 20 heavy (non-hydrogen) atoms. The summed E-state index contributed by atoms with van der Waals surface area (Å²) in [4.78, 5) is 16.7. The van der Waals surface area contributed by atoms with Crippen molar-refractivity contribution in [2.24, 2.45) is 10.2 Å². The van der Waals surface area contributed by atoms with Crippen LogP contribution < -0.4 is 11.0 Å². The molecule has 0 aliphatic carbocycles. The van der Waals surface area contributed by atoms with Crippen LogP contribution in [0.2, 0.25) is 0 Å². The summed E-state index contributed by atoms with van der Waals surface area (Å²) in [7, 11) is 0. The fourth-order valence-corrected chi connectivity index (χ4v) is 2.89. The second kappa shape index (κ2) is 5.16. The number of thioether (sulfide) groups is 1. The third-order valence-corrected chi connectivity index (χ3v) is 3.76. The number of benzene rings is 1. The average Bonchev–Trinajstić information content (AvgIpc) is 2.78. The van der Waals surface area contributed by atoms with Gasteiger partial charge in [0.15, 0.2) is 5.17 Å². The van der Waals surface area contributed by atoms with E-state index in [1.54, 1.807) is 11.8 Å². The fraction of sp³-hybridized carbons (Fsp3) is 0.308. The molecule has 0 spiro atoms. The molecule has 2 aromatic rings. The van der Waals surface area contributed by atoms with Gasteiger partial charge in [-0.1, -0.05) is 17.8 Å². The Bertz CT molecular complexity index is 755. The molecule has 104 valence electrons. The Morgan fingerprint density at radius 2 is 2.05 bits per heavy atom. The summed E-state index contributed by atoms with van der Waals surface area (Å²) in [6.45, 7) is 4.14. The Labute approximate surface area is 119 Å². The number of nitrogens with zero attached hydrogens (tertiary/aromatic N) is 2. The number of aromatic amines is 2. The standard InChI is InChI=1S/C13H15N5OS/c1-7(2)14-13-18-17-11(6-20-13)8-3-4-9-10(5-8)16-12(19)15-9/h3-5,7H,6H2,1-2H3,(H,14,18)(H2,15,16,19). The molecule has 0 saturated carbocycles. The van der Waals surface area contributed by atoms with Gasteiger partial charge in [0.1, 0.15) is 0 Å². The van der Waals surface area contributed by atoms with Gasteiger partial charge in [-0.3, -0.25) is 0 Å². The highest BCUT2D eigenvalue weighted by molar-refractivity contribution is 8.14. The molecular formula is C13H15N5OS. The van der Waals surface area contributed by atoms with Crippen molar-refractivity contribution in [1.82, 2.24) is 15.3 Å². The summed E-state index contributed by atoms with van der Waals surface area (Å²) in [5, 5.41) is 12.5. The lowest BCUT2D eigenvalue weighted by molar-refractivity contribution is 0.738. The summed E-state index contributed by atoms with van der Waals surface area (Å²) in [6.07, 6.45) is 0. The summed E-state index contributed by atoms with van der Waals surface area (Å²) >= 11 is 1.63. The highest BCUT2D eigenvalue weighted by Gasteiger charge is 2.13. The first kappa shape index (κ1) is 13.0. The molecule has 0 amide bonds. The first-order chi connectivity index (χ1) is 9.61. The van der Waals surface area contributed by atoms with E-state index in [1.807, 2.05) is 18.2 Å². The van der Waals surface area contributed by atoms with Gasteiger partial charge in [-0.25, -0.2) is 4.79 Å². The number of hydrogen-bond donors (Lipinski definition) is 3. The minimum atomic E-state index is -0.196. The van der Waals surface area contributed by atoms with Gasteiger partial charge in [0.05, 0.1) is 16.7 Å². The molecule has 0 fully saturated rings. The van der Waals surface area contributed by atoms with E-state index in [-0.39, 0.29) is 5.69 Å². The van der Waals surface area contributed by atoms with Crippen molar-refractivity contribution in [2.75, 3.05) is 5.75 Å². The van der Waals surface area contributed by atoms with Crippen molar-refractivity contribution >= 4 is 33.7 Å². The minimum Gasteiger partial charge on any atom is -0.361 e. The van der Waals surface area contributed by atoms with E-state index < -0.39 is 0 Å². The third-order valence-electron chi connectivity index (χ3n) is 2.87. The lowest BCUT2D eigenvalue weighted by atomic mass is 10.1. The van der Waals surface area contributed by atoms with Crippen LogP contribution in [0.5, 0.6) is 0 Å². The maximum Gasteiger partial charge on any atom is 0.323 e. The third kappa shape index (κ3) is 2.62. The second-order valence-corrected chi connectivity index (χ2v) is 5.84. The van der Waals surface area contributed by atoms with Gasteiger partial charge >= 0.3 is 5.69 Å². The molecule has 0 atom stereocenters. The molecule has 0 saturated heterocycles. The van der Waals surface area contributed by atoms with Crippen molar-refractivity contribution in [1.29, 1.82) is 0 Å². The van der Waals surface area contributed by atoms with Gasteiger partial charge in [-0.15, -0.1) is 5.10 Å². The summed E-state index contributed by atoms with van der Waals surface area (Å²) < 4.78 is 0. The quantitative estimate of drug-likeness (QED) is 0.786. The number of amidine groups is 1. The van der Waals surface area contributed by atoms with Crippen LogP contribution in [0, 0.1) is 0 Å². The summed E-state index contributed by atoms with van der Waals surface area (Å²) in [6, 6.07) is 6.09. The Kier molecular flexibility index (Phi) is 3.35. The molecule has 0 bridgehead atoms. The van der Waals surface area contributed by atoms with Gasteiger partial charge in [0, 0.05) is 17.4 Å². The highest BCUT2D eigenvalue weighted by Crippen LogP contribution is 2.17. The van der Waals surface area contributed by atoms with Gasteiger partial charge < -0.3 is 15.3 Å². The number of fused-ring (bicyclic) bond motifs is 1. The molecule has 0 unspecified atom stereocenters. The predicted molar refractivity (Wildman–Crippen MR) is 83.6 cm³/mol. The van der Waals surface area contributed by atoms with Gasteiger partial charge in [0.2, 0.25) is 0 Å². The number of imidazole rings is 1. The SMILES string of the molecule is CC(C)NC1=NN=C(c2ccc3[nH]c(=O)[nH]c3c2)CS1. The Morgan fingerprint density at radius 1 is 1.25 bits per heavy atom. The van der Waals surface area contributed by atoms with E-state index in [9.17, 15) is 4.79 Å². The first-order valence-electron chi connectivity index (χ1n) is 6.38. The van der Waals surface area contributed by atoms with Crippen LogP contribution in [0.1, 0.15) is 19.4 Å². The molecule has 0 radical (unpaired) electrons. The molecule has 1 aliphatic heterocycles. The zero-order valence-electron chi connectivity index (χ0n) is 11.2. The number of rotatable bonds is 2. The number of nitrogens with one attached hydrogen (secondary N) is 3. The van der Waals surface area contributed by atoms with E-state index in [0.717, 1.165) is 33.2 Å². The van der Waals surface area contributed by atoms with Crippen LogP contribution in [0.4, 0.5) is 0 Å². The van der Waals surface area contributed by atoms with Crippen LogP contribution in [0.3, 0.4) is 0 Å². The molecule has 1 aliphatic rings. The summed E-state index contributed by atoms with van der Waals surface area (Å²) in [5.41, 5.74) is 3.28. The van der Waals surface area contributed by atoms with E-state index in [1.165, 1.54) is 0 Å². The van der Waals surface area contributed by atoms with Crippen molar-refractivity contribution < 1.29 is 0 Å². The number of hydrogen-bond acceptors (Lipinski definition) is 5. The monoisotopic (exact) mass is 289 g/mol. The molecule has 1 aromatic heterocycles. The van der Waals surface area contributed by atoms with E-state index in [4.69, 9.17) is 0 Å². The smallest absolute Gasteiger partial charge is 0.323 e. The van der Waals surface area contributed by atoms with Crippen molar-refractivity contribution in [3.05, 3.63) is 34.2 Å². The number of H-pyrrole nitrogens is 2. The molecule has 3 rings (SSSR count). The maximum atomic E-state index is 11.2. The van der Waals surface area contributed by atoms with Crippen molar-refractivity contribution in [2.45, 2.75) is 19.9 Å². The average molecular weight is 289 g/mol. The molecule has 3 N–H and O–H groups in total. The maximum absolute atomic E-state index is 11.2. The largest absolute Gasteiger partial charge is 0.361 e. The van der Waals surface area contributed by atoms with Crippen molar-refractivity contribution in [3.8, 4) is 0 Å². The zero-order chi connectivity index (χ0) is 14.1. The van der Waals surface area contributed by atoms with Crippen LogP contribution >= 0.6 is 11.8 Å². The molecule has 1 aromatic carbocycles. The van der Waals surface area contributed by atoms with Crippen LogP contribution in [-0.2, 0) is 0 Å². The first-order valence-corrected chi connectivity index (χ1v) is 7.36. The van der Waals surface area contributed by atoms with Crippen molar-refractivity contribution in [3.63, 3.8) is 0 Å². The van der Waals surface area contributed by atoms with Crippen LogP contribution in [0.25, 0.3) is 11.0 Å². The Morgan fingerprint density at radius 3 is 2.75 bits per heavy atom. The molecule has 7 heteroatoms. The van der Waals surface area contributed by atoms with E-state index in [0.29, 0.717) is 6.04 Å². The van der Waals surface area contributed by atoms with Crippen LogP contribution in [-0.4, -0.2) is 32.6 Å². The van der Waals surface area contributed by atoms with Crippen LogP contribution in [0.15, 0.2) is 33.2 Å². The fourth-order valence-electron chi connectivity index (χ4n) is 1.97. The minimum absolute atomic E-state index is 0.196. The molecular weight excluding hydrogens is 274 g/mol.